The Labute approximate surface area is 159 Å². The molecular formula is C19H16F3N5O. The van der Waals surface area contributed by atoms with E-state index in [1.807, 2.05) is 6.19 Å². The van der Waals surface area contributed by atoms with Crippen LogP contribution < -0.4 is 5.32 Å². The molecule has 0 saturated carbocycles. The van der Waals surface area contributed by atoms with Crippen molar-refractivity contribution >= 4 is 11.4 Å². The molecule has 6 nitrogen and oxygen atoms in total. The van der Waals surface area contributed by atoms with E-state index in [1.165, 1.54) is 17.0 Å². The Bertz CT molecular complexity index is 976. The zero-order chi connectivity index (χ0) is 20.1. The number of aromatic nitrogens is 2. The van der Waals surface area contributed by atoms with Gasteiger partial charge in [0, 0.05) is 25.7 Å². The standard InChI is InChI=1S/C19H16F3N5O/c1-27(12-23)11-10-17-25-26-18(28-17)15-4-2-3-5-16(15)24-14-8-6-13(7-9-14)19(20,21)22/h2-9,24H,10-11H2,1H3. The van der Waals surface area contributed by atoms with E-state index in [0.29, 0.717) is 35.8 Å². The summed E-state index contributed by atoms with van der Waals surface area (Å²) in [5.74, 6) is 0.672. The van der Waals surface area contributed by atoms with Crippen LogP contribution in [0.2, 0.25) is 0 Å². The molecule has 1 N–H and O–H groups in total. The summed E-state index contributed by atoms with van der Waals surface area (Å²) < 4.78 is 43.8. The van der Waals surface area contributed by atoms with Gasteiger partial charge in [-0.15, -0.1) is 10.2 Å². The van der Waals surface area contributed by atoms with Crippen molar-refractivity contribution in [1.82, 2.24) is 15.1 Å². The molecule has 1 aromatic heterocycles. The van der Waals surface area contributed by atoms with Crippen LogP contribution in [0.15, 0.2) is 52.9 Å². The largest absolute Gasteiger partial charge is 0.421 e. The molecule has 0 fully saturated rings. The van der Waals surface area contributed by atoms with Crippen molar-refractivity contribution in [3.63, 3.8) is 0 Å². The number of benzene rings is 2. The van der Waals surface area contributed by atoms with Crippen molar-refractivity contribution in [2.75, 3.05) is 18.9 Å². The molecule has 0 aliphatic carbocycles. The second kappa shape index (κ2) is 8.00. The Kier molecular flexibility index (Phi) is 5.49. The summed E-state index contributed by atoms with van der Waals surface area (Å²) in [6, 6.07) is 11.9. The summed E-state index contributed by atoms with van der Waals surface area (Å²) in [4.78, 5) is 1.45. The van der Waals surface area contributed by atoms with Gasteiger partial charge in [-0.05, 0) is 36.4 Å². The number of rotatable bonds is 6. The van der Waals surface area contributed by atoms with Crippen LogP contribution >= 0.6 is 0 Å². The van der Waals surface area contributed by atoms with E-state index in [4.69, 9.17) is 9.68 Å². The highest BCUT2D eigenvalue weighted by Crippen LogP contribution is 2.32. The van der Waals surface area contributed by atoms with E-state index >= 15 is 0 Å². The van der Waals surface area contributed by atoms with Crippen LogP contribution in [0.3, 0.4) is 0 Å². The lowest BCUT2D eigenvalue weighted by Gasteiger charge is -2.11. The lowest BCUT2D eigenvalue weighted by molar-refractivity contribution is -0.137. The SMILES string of the molecule is CN(C#N)CCc1nnc(-c2ccccc2Nc2ccc(C(F)(F)F)cc2)o1. The third-order valence-corrected chi connectivity index (χ3v) is 3.95. The highest BCUT2D eigenvalue weighted by atomic mass is 19.4. The van der Waals surface area contributed by atoms with Crippen molar-refractivity contribution < 1.29 is 17.6 Å². The van der Waals surface area contributed by atoms with Gasteiger partial charge in [-0.1, -0.05) is 12.1 Å². The minimum atomic E-state index is -4.38. The molecule has 0 spiro atoms. The van der Waals surface area contributed by atoms with Gasteiger partial charge in [-0.2, -0.15) is 18.4 Å². The van der Waals surface area contributed by atoms with Gasteiger partial charge in [-0.3, -0.25) is 0 Å². The fourth-order valence-electron chi connectivity index (χ4n) is 2.45. The minimum absolute atomic E-state index is 0.282. The molecule has 1 heterocycles. The van der Waals surface area contributed by atoms with Gasteiger partial charge in [0.2, 0.25) is 11.8 Å². The van der Waals surface area contributed by atoms with Crippen molar-refractivity contribution in [3.8, 4) is 17.6 Å². The Morgan fingerprint density at radius 3 is 2.50 bits per heavy atom. The topological polar surface area (TPSA) is 78.0 Å². The van der Waals surface area contributed by atoms with Crippen LogP contribution in [0, 0.1) is 11.5 Å². The van der Waals surface area contributed by atoms with Gasteiger partial charge >= 0.3 is 6.18 Å². The molecule has 0 radical (unpaired) electrons. The monoisotopic (exact) mass is 387 g/mol. The van der Waals surface area contributed by atoms with Gasteiger partial charge in [0.25, 0.3) is 0 Å². The molecule has 28 heavy (non-hydrogen) atoms. The lowest BCUT2D eigenvalue weighted by atomic mass is 10.1. The van der Waals surface area contributed by atoms with Crippen LogP contribution in [0.25, 0.3) is 11.5 Å². The first-order valence-electron chi connectivity index (χ1n) is 8.34. The number of nitrogens with zero attached hydrogens (tertiary/aromatic N) is 4. The normalized spacial score (nSPS) is 11.1. The van der Waals surface area contributed by atoms with Crippen molar-refractivity contribution in [1.29, 1.82) is 5.26 Å². The Hall–Kier alpha value is -3.54. The highest BCUT2D eigenvalue weighted by molar-refractivity contribution is 5.76. The van der Waals surface area contributed by atoms with Crippen molar-refractivity contribution in [2.24, 2.45) is 0 Å². The molecule has 144 valence electrons. The van der Waals surface area contributed by atoms with E-state index in [-0.39, 0.29) is 5.89 Å². The van der Waals surface area contributed by atoms with Crippen molar-refractivity contribution in [3.05, 3.63) is 60.0 Å². The number of likely N-dealkylation sites (N-methyl/N-ethyl adjacent to an activating group) is 1. The smallest absolute Gasteiger partial charge is 0.416 e. The Morgan fingerprint density at radius 1 is 1.11 bits per heavy atom. The second-order valence-corrected chi connectivity index (χ2v) is 6.02. The van der Waals surface area contributed by atoms with Gasteiger partial charge < -0.3 is 14.6 Å². The number of nitriles is 1. The van der Waals surface area contributed by atoms with Gasteiger partial charge in [0.15, 0.2) is 6.19 Å². The summed E-state index contributed by atoms with van der Waals surface area (Å²) in [5.41, 5.74) is 1.02. The number of halogens is 3. The van der Waals surface area contributed by atoms with Crippen LogP contribution in [0.1, 0.15) is 11.5 Å². The Balaban J connectivity index is 1.79. The summed E-state index contributed by atoms with van der Waals surface area (Å²) in [7, 11) is 1.65. The summed E-state index contributed by atoms with van der Waals surface area (Å²) in [5, 5.41) is 19.9. The number of anilines is 2. The zero-order valence-corrected chi connectivity index (χ0v) is 14.9. The number of alkyl halides is 3. The summed E-state index contributed by atoms with van der Waals surface area (Å²) in [6.45, 7) is 0.448. The predicted octanol–water partition coefficient (Wildman–Crippen LogP) is 4.45. The minimum Gasteiger partial charge on any atom is -0.421 e. The number of hydrogen-bond donors (Lipinski definition) is 1. The van der Waals surface area contributed by atoms with Gasteiger partial charge in [0.1, 0.15) is 0 Å². The van der Waals surface area contributed by atoms with Crippen molar-refractivity contribution in [2.45, 2.75) is 12.6 Å². The third-order valence-electron chi connectivity index (χ3n) is 3.95. The molecule has 0 bridgehead atoms. The van der Waals surface area contributed by atoms with E-state index in [2.05, 4.69) is 15.5 Å². The van der Waals surface area contributed by atoms with Gasteiger partial charge in [-0.25, -0.2) is 0 Å². The molecule has 3 rings (SSSR count). The number of hydrogen-bond acceptors (Lipinski definition) is 6. The fourth-order valence-corrected chi connectivity index (χ4v) is 2.45. The average Bonchev–Trinajstić information content (AvgIpc) is 3.15. The molecule has 0 unspecified atom stereocenters. The maximum absolute atomic E-state index is 12.7. The van der Waals surface area contributed by atoms with E-state index < -0.39 is 11.7 Å². The molecule has 0 amide bonds. The molecule has 0 aliphatic heterocycles. The molecule has 3 aromatic rings. The predicted molar refractivity (Wildman–Crippen MR) is 96.4 cm³/mol. The average molecular weight is 387 g/mol. The molecule has 2 aromatic carbocycles. The first-order valence-corrected chi connectivity index (χ1v) is 8.34. The number of nitrogens with one attached hydrogen (secondary N) is 1. The molecule has 0 atom stereocenters. The van der Waals surface area contributed by atoms with Crippen LogP contribution in [-0.2, 0) is 12.6 Å². The lowest BCUT2D eigenvalue weighted by Crippen LogP contribution is -2.14. The molecule has 0 saturated heterocycles. The molecular weight excluding hydrogens is 371 g/mol. The van der Waals surface area contributed by atoms with E-state index in [1.54, 1.807) is 31.3 Å². The van der Waals surface area contributed by atoms with Gasteiger partial charge in [0.05, 0.1) is 16.8 Å². The Morgan fingerprint density at radius 2 is 1.82 bits per heavy atom. The maximum atomic E-state index is 12.7. The molecule has 0 aliphatic rings. The first kappa shape index (κ1) is 19.2. The third kappa shape index (κ3) is 4.59. The van der Waals surface area contributed by atoms with E-state index in [9.17, 15) is 13.2 Å². The first-order chi connectivity index (χ1) is 13.4. The van der Waals surface area contributed by atoms with Crippen LogP contribution in [0.5, 0.6) is 0 Å². The van der Waals surface area contributed by atoms with Crippen LogP contribution in [0.4, 0.5) is 24.5 Å². The fraction of sp³-hybridized carbons (Fsp3) is 0.211. The quantitative estimate of drug-likeness (QED) is 0.497. The van der Waals surface area contributed by atoms with Crippen LogP contribution in [-0.4, -0.2) is 28.7 Å². The summed E-state index contributed by atoms with van der Waals surface area (Å²) in [6.07, 6.45) is -1.97. The number of para-hydroxylation sites is 1. The van der Waals surface area contributed by atoms with E-state index in [0.717, 1.165) is 12.1 Å². The maximum Gasteiger partial charge on any atom is 0.416 e. The zero-order valence-electron chi connectivity index (χ0n) is 14.9. The summed E-state index contributed by atoms with van der Waals surface area (Å²) >= 11 is 0. The second-order valence-electron chi connectivity index (χ2n) is 6.02. The highest BCUT2D eigenvalue weighted by Gasteiger charge is 2.29. The molecule has 9 heteroatoms.